The van der Waals surface area contributed by atoms with Gasteiger partial charge in [0.25, 0.3) is 0 Å². The Hall–Kier alpha value is -1.91. The Morgan fingerprint density at radius 2 is 2.00 bits per heavy atom. The van der Waals surface area contributed by atoms with Crippen LogP contribution < -0.4 is 5.32 Å². The van der Waals surface area contributed by atoms with Gasteiger partial charge in [-0.15, -0.1) is 11.3 Å². The minimum absolute atomic E-state index is 0.0606. The summed E-state index contributed by atoms with van der Waals surface area (Å²) in [5.74, 6) is -0.0606. The third-order valence-corrected chi connectivity index (χ3v) is 5.04. The van der Waals surface area contributed by atoms with Crippen LogP contribution in [0, 0.1) is 0 Å². The molecule has 2 aromatic carbocycles. The molecule has 4 heteroatoms. The van der Waals surface area contributed by atoms with Crippen LogP contribution in [0.15, 0.2) is 64.5 Å². The van der Waals surface area contributed by atoms with Gasteiger partial charge in [-0.05, 0) is 52.6 Å². The molecule has 0 saturated heterocycles. The van der Waals surface area contributed by atoms with Crippen LogP contribution in [0.3, 0.4) is 0 Å². The molecule has 3 aromatic rings. The lowest BCUT2D eigenvalue weighted by Gasteiger charge is -2.02. The zero-order valence-electron chi connectivity index (χ0n) is 12.5. The van der Waals surface area contributed by atoms with Crippen molar-refractivity contribution in [2.24, 2.45) is 0 Å². The van der Waals surface area contributed by atoms with Gasteiger partial charge in [0.1, 0.15) is 0 Å². The Balaban J connectivity index is 1.55. The van der Waals surface area contributed by atoms with E-state index < -0.39 is 0 Å². The van der Waals surface area contributed by atoms with E-state index in [0.29, 0.717) is 6.54 Å². The number of nitrogens with one attached hydrogen (secondary N) is 1. The summed E-state index contributed by atoms with van der Waals surface area (Å²) >= 11 is 5.25. The standard InChI is InChI=1S/C19H16BrNOS/c20-16-7-8-18-17(12-16)15(13-23-18)10-11-21-19(22)9-6-14-4-2-1-3-5-14/h1-9,12-13H,10-11H2,(H,21,22). The van der Waals surface area contributed by atoms with Crippen LogP contribution in [0.25, 0.3) is 16.2 Å². The summed E-state index contributed by atoms with van der Waals surface area (Å²) in [7, 11) is 0. The maximum absolute atomic E-state index is 11.9. The second-order valence-electron chi connectivity index (χ2n) is 5.19. The van der Waals surface area contributed by atoms with Crippen molar-refractivity contribution in [1.29, 1.82) is 0 Å². The summed E-state index contributed by atoms with van der Waals surface area (Å²) in [6.07, 6.45) is 4.24. The van der Waals surface area contributed by atoms with Crippen LogP contribution in [0.1, 0.15) is 11.1 Å². The van der Waals surface area contributed by atoms with Crippen molar-refractivity contribution < 1.29 is 4.79 Å². The molecule has 0 atom stereocenters. The van der Waals surface area contributed by atoms with E-state index in [-0.39, 0.29) is 5.91 Å². The smallest absolute Gasteiger partial charge is 0.244 e. The molecule has 2 nitrogen and oxygen atoms in total. The highest BCUT2D eigenvalue weighted by molar-refractivity contribution is 9.10. The molecule has 0 unspecified atom stereocenters. The molecule has 0 aliphatic carbocycles. The van der Waals surface area contributed by atoms with Gasteiger partial charge in [0, 0.05) is 21.8 Å². The first-order chi connectivity index (χ1) is 11.2. The van der Waals surface area contributed by atoms with E-state index in [2.05, 4.69) is 44.8 Å². The summed E-state index contributed by atoms with van der Waals surface area (Å²) in [5, 5.41) is 6.37. The van der Waals surface area contributed by atoms with Crippen LogP contribution >= 0.6 is 27.3 Å². The number of halogens is 1. The minimum Gasteiger partial charge on any atom is -0.352 e. The molecule has 0 spiro atoms. The average molecular weight is 386 g/mol. The fourth-order valence-electron chi connectivity index (χ4n) is 2.36. The van der Waals surface area contributed by atoms with Crippen LogP contribution in [-0.2, 0) is 11.2 Å². The Bertz CT molecular complexity index is 839. The lowest BCUT2D eigenvalue weighted by atomic mass is 10.1. The van der Waals surface area contributed by atoms with Gasteiger partial charge in [-0.3, -0.25) is 4.79 Å². The topological polar surface area (TPSA) is 29.1 Å². The van der Waals surface area contributed by atoms with Gasteiger partial charge in [0.15, 0.2) is 0 Å². The molecule has 1 aromatic heterocycles. The lowest BCUT2D eigenvalue weighted by Crippen LogP contribution is -2.23. The van der Waals surface area contributed by atoms with Crippen LogP contribution in [-0.4, -0.2) is 12.5 Å². The van der Waals surface area contributed by atoms with Crippen molar-refractivity contribution in [2.75, 3.05) is 6.54 Å². The number of rotatable bonds is 5. The minimum atomic E-state index is -0.0606. The van der Waals surface area contributed by atoms with Crippen LogP contribution in [0.4, 0.5) is 0 Å². The van der Waals surface area contributed by atoms with E-state index in [1.54, 1.807) is 17.4 Å². The first-order valence-electron chi connectivity index (χ1n) is 7.39. The van der Waals surface area contributed by atoms with Crippen molar-refractivity contribution in [3.63, 3.8) is 0 Å². The second kappa shape index (κ2) is 7.57. The van der Waals surface area contributed by atoms with Crippen molar-refractivity contribution >= 4 is 49.3 Å². The number of fused-ring (bicyclic) bond motifs is 1. The molecule has 3 rings (SSSR count). The molecule has 0 saturated carbocycles. The molecule has 0 fully saturated rings. The fourth-order valence-corrected chi connectivity index (χ4v) is 3.70. The summed E-state index contributed by atoms with van der Waals surface area (Å²) in [4.78, 5) is 11.9. The average Bonchev–Trinajstić information content (AvgIpc) is 2.96. The van der Waals surface area contributed by atoms with Gasteiger partial charge < -0.3 is 5.32 Å². The predicted molar refractivity (Wildman–Crippen MR) is 102 cm³/mol. The van der Waals surface area contributed by atoms with E-state index >= 15 is 0 Å². The van der Waals surface area contributed by atoms with Crippen molar-refractivity contribution in [3.8, 4) is 0 Å². The number of benzene rings is 2. The van der Waals surface area contributed by atoms with Crippen molar-refractivity contribution in [3.05, 3.63) is 75.6 Å². The number of thiophene rings is 1. The molecule has 0 radical (unpaired) electrons. The number of amides is 1. The van der Waals surface area contributed by atoms with E-state index in [1.807, 2.05) is 36.4 Å². The molecular weight excluding hydrogens is 370 g/mol. The van der Waals surface area contributed by atoms with Crippen LogP contribution in [0.5, 0.6) is 0 Å². The number of hydrogen-bond donors (Lipinski definition) is 1. The highest BCUT2D eigenvalue weighted by Crippen LogP contribution is 2.28. The molecule has 0 bridgehead atoms. The third kappa shape index (κ3) is 4.30. The zero-order valence-corrected chi connectivity index (χ0v) is 14.9. The van der Waals surface area contributed by atoms with E-state index in [9.17, 15) is 4.79 Å². The molecule has 1 heterocycles. The SMILES string of the molecule is O=C(C=Cc1ccccc1)NCCc1csc2ccc(Br)cc12. The van der Waals surface area contributed by atoms with Crippen molar-refractivity contribution in [1.82, 2.24) is 5.32 Å². The second-order valence-corrected chi connectivity index (χ2v) is 7.01. The highest BCUT2D eigenvalue weighted by atomic mass is 79.9. The molecule has 1 amide bonds. The molecule has 1 N–H and O–H groups in total. The Labute approximate surface area is 148 Å². The quantitative estimate of drug-likeness (QED) is 0.612. The summed E-state index contributed by atoms with van der Waals surface area (Å²) in [6.45, 7) is 0.635. The van der Waals surface area contributed by atoms with Gasteiger partial charge >= 0.3 is 0 Å². The fraction of sp³-hybridized carbons (Fsp3) is 0.105. The maximum Gasteiger partial charge on any atom is 0.244 e. The van der Waals surface area contributed by atoms with E-state index in [4.69, 9.17) is 0 Å². The Morgan fingerprint density at radius 3 is 2.83 bits per heavy atom. The van der Waals surface area contributed by atoms with E-state index in [1.165, 1.54) is 15.6 Å². The number of carbonyl (C=O) groups is 1. The predicted octanol–water partition coefficient (Wildman–Crippen LogP) is 5.04. The van der Waals surface area contributed by atoms with E-state index in [0.717, 1.165) is 16.5 Å². The first-order valence-corrected chi connectivity index (χ1v) is 9.06. The summed E-state index contributed by atoms with van der Waals surface area (Å²) in [5.41, 5.74) is 2.30. The number of hydrogen-bond acceptors (Lipinski definition) is 2. The molecule has 0 aliphatic rings. The van der Waals surface area contributed by atoms with Crippen molar-refractivity contribution in [2.45, 2.75) is 6.42 Å². The summed E-state index contributed by atoms with van der Waals surface area (Å²) < 4.78 is 2.36. The maximum atomic E-state index is 11.9. The first kappa shape index (κ1) is 16.0. The zero-order chi connectivity index (χ0) is 16.1. The van der Waals surface area contributed by atoms with Gasteiger partial charge in [0.2, 0.25) is 5.91 Å². The van der Waals surface area contributed by atoms with Crippen LogP contribution in [0.2, 0.25) is 0 Å². The largest absolute Gasteiger partial charge is 0.352 e. The molecule has 23 heavy (non-hydrogen) atoms. The molecule has 116 valence electrons. The van der Waals surface area contributed by atoms with Gasteiger partial charge in [-0.25, -0.2) is 0 Å². The van der Waals surface area contributed by atoms with Gasteiger partial charge in [-0.1, -0.05) is 46.3 Å². The Kier molecular flexibility index (Phi) is 5.26. The molecule has 0 aliphatic heterocycles. The normalized spacial score (nSPS) is 11.2. The van der Waals surface area contributed by atoms with Gasteiger partial charge in [0.05, 0.1) is 0 Å². The highest BCUT2D eigenvalue weighted by Gasteiger charge is 2.05. The summed E-state index contributed by atoms with van der Waals surface area (Å²) in [6, 6.07) is 16.1. The Morgan fingerprint density at radius 1 is 1.17 bits per heavy atom. The number of carbonyl (C=O) groups excluding carboxylic acids is 1. The monoisotopic (exact) mass is 385 g/mol. The third-order valence-electron chi connectivity index (χ3n) is 3.54. The molecular formula is C19H16BrNOS. The van der Waals surface area contributed by atoms with Gasteiger partial charge in [-0.2, -0.15) is 0 Å². The lowest BCUT2D eigenvalue weighted by molar-refractivity contribution is -0.116.